The molecular formula is C19H26N8OS. The predicted octanol–water partition coefficient (Wildman–Crippen LogP) is 1.22. The maximum absolute atomic E-state index is 5.63. The number of nitrogens with zero attached hydrogens (tertiary/aromatic N) is 6. The number of thiophene rings is 1. The highest BCUT2D eigenvalue weighted by Gasteiger charge is 2.20. The maximum Gasteiger partial charge on any atom is 0.219 e. The minimum Gasteiger partial charge on any atom is -0.378 e. The third kappa shape index (κ3) is 4.61. The molecule has 0 spiro atoms. The third-order valence-corrected chi connectivity index (χ3v) is 5.92. The Labute approximate surface area is 173 Å². The Balaban J connectivity index is 1.72. The average Bonchev–Trinajstić information content (AvgIpc) is 3.15. The minimum absolute atomic E-state index is 0.241. The van der Waals surface area contributed by atoms with Gasteiger partial charge in [-0.05, 0) is 20.2 Å². The molecule has 4 rings (SSSR count). The highest BCUT2D eigenvalue weighted by atomic mass is 32.1. The molecule has 3 aromatic rings. The van der Waals surface area contributed by atoms with Crippen LogP contribution in [0.4, 0.5) is 11.8 Å². The number of fused-ring (bicyclic) bond motifs is 1. The molecule has 0 unspecified atom stereocenters. The first-order valence-corrected chi connectivity index (χ1v) is 10.5. The van der Waals surface area contributed by atoms with Crippen molar-refractivity contribution in [2.24, 2.45) is 0 Å². The monoisotopic (exact) mass is 414 g/mol. The normalized spacial score (nSPS) is 14.8. The Hall–Kier alpha value is -2.40. The van der Waals surface area contributed by atoms with E-state index in [2.05, 4.69) is 38.2 Å². The third-order valence-electron chi connectivity index (χ3n) is 4.81. The van der Waals surface area contributed by atoms with E-state index < -0.39 is 0 Å². The molecule has 0 saturated carbocycles. The van der Waals surface area contributed by atoms with E-state index >= 15 is 0 Å². The highest BCUT2D eigenvalue weighted by Crippen LogP contribution is 2.34. The van der Waals surface area contributed by atoms with Crippen molar-refractivity contribution in [2.75, 3.05) is 64.1 Å². The van der Waals surface area contributed by atoms with Gasteiger partial charge in [0.25, 0.3) is 0 Å². The van der Waals surface area contributed by atoms with Crippen molar-refractivity contribution in [1.29, 1.82) is 0 Å². The number of anilines is 2. The molecule has 1 aliphatic heterocycles. The van der Waals surface area contributed by atoms with Gasteiger partial charge in [0.05, 0.1) is 29.0 Å². The fourth-order valence-electron chi connectivity index (χ4n) is 3.26. The minimum atomic E-state index is 0.241. The topological polar surface area (TPSA) is 105 Å². The number of morpholine rings is 1. The van der Waals surface area contributed by atoms with E-state index in [4.69, 9.17) is 20.4 Å². The van der Waals surface area contributed by atoms with Gasteiger partial charge in [0.2, 0.25) is 5.95 Å². The van der Waals surface area contributed by atoms with Crippen LogP contribution in [-0.4, -0.2) is 78.3 Å². The van der Waals surface area contributed by atoms with Gasteiger partial charge in [-0.3, -0.25) is 0 Å². The summed E-state index contributed by atoms with van der Waals surface area (Å²) in [7, 11) is 4.10. The van der Waals surface area contributed by atoms with Crippen molar-refractivity contribution >= 4 is 33.3 Å². The van der Waals surface area contributed by atoms with E-state index in [0.717, 1.165) is 54.3 Å². The lowest BCUT2D eigenvalue weighted by molar-refractivity contribution is 0.122. The number of aromatic nitrogens is 4. The quantitative estimate of drug-likeness (QED) is 0.590. The predicted molar refractivity (Wildman–Crippen MR) is 116 cm³/mol. The second-order valence-corrected chi connectivity index (χ2v) is 8.21. The highest BCUT2D eigenvalue weighted by molar-refractivity contribution is 7.19. The number of hydrogen-bond acceptors (Lipinski definition) is 10. The zero-order valence-corrected chi connectivity index (χ0v) is 17.6. The van der Waals surface area contributed by atoms with Gasteiger partial charge >= 0.3 is 0 Å². The maximum atomic E-state index is 5.63. The van der Waals surface area contributed by atoms with E-state index in [1.807, 2.05) is 7.05 Å². The lowest BCUT2D eigenvalue weighted by atomic mass is 10.3. The molecule has 9 nitrogen and oxygen atoms in total. The van der Waals surface area contributed by atoms with E-state index in [1.54, 1.807) is 23.7 Å². The Bertz CT molecular complexity index is 955. The van der Waals surface area contributed by atoms with Crippen LogP contribution in [0.25, 0.3) is 21.6 Å². The number of hydrogen-bond donors (Lipinski definition) is 2. The summed E-state index contributed by atoms with van der Waals surface area (Å²) in [5.41, 5.74) is 7.35. The van der Waals surface area contributed by atoms with Gasteiger partial charge in [-0.25, -0.2) is 19.9 Å². The molecule has 1 fully saturated rings. The van der Waals surface area contributed by atoms with Crippen molar-refractivity contribution in [2.45, 2.75) is 6.54 Å². The fraction of sp³-hybridized carbons (Fsp3) is 0.474. The lowest BCUT2D eigenvalue weighted by Crippen LogP contribution is -2.36. The molecular weight excluding hydrogens is 388 g/mol. The molecule has 29 heavy (non-hydrogen) atoms. The molecule has 0 amide bonds. The molecule has 3 aromatic heterocycles. The number of nitrogens with two attached hydrogens (primary N) is 1. The van der Waals surface area contributed by atoms with Crippen molar-refractivity contribution in [3.63, 3.8) is 0 Å². The van der Waals surface area contributed by atoms with E-state index in [-0.39, 0.29) is 5.95 Å². The summed E-state index contributed by atoms with van der Waals surface area (Å²) in [6.07, 6.45) is 3.34. The van der Waals surface area contributed by atoms with Crippen LogP contribution in [0.2, 0.25) is 0 Å². The van der Waals surface area contributed by atoms with Crippen molar-refractivity contribution in [1.82, 2.24) is 30.2 Å². The summed E-state index contributed by atoms with van der Waals surface area (Å²) >= 11 is 1.76. The van der Waals surface area contributed by atoms with Crippen LogP contribution >= 0.6 is 11.3 Å². The Morgan fingerprint density at radius 1 is 1.24 bits per heavy atom. The van der Waals surface area contributed by atoms with Crippen LogP contribution in [0.5, 0.6) is 0 Å². The standard InChI is InChI=1S/C19H26N8OS/c1-21-3-4-26(2)12-14-9-15-16(29-14)18(27-5-7-28-8-6-27)25-17(24-15)13-10-22-19(20)23-11-13/h9-11,21H,3-8,12H2,1-2H3,(H2,20,22,23). The molecule has 4 heterocycles. The molecule has 0 bridgehead atoms. The van der Waals surface area contributed by atoms with Gasteiger partial charge < -0.3 is 25.6 Å². The van der Waals surface area contributed by atoms with Crippen LogP contribution in [0.1, 0.15) is 4.88 Å². The van der Waals surface area contributed by atoms with Gasteiger partial charge in [-0.15, -0.1) is 11.3 Å². The van der Waals surface area contributed by atoms with Crippen LogP contribution in [-0.2, 0) is 11.3 Å². The van der Waals surface area contributed by atoms with Crippen LogP contribution in [0.3, 0.4) is 0 Å². The molecule has 10 heteroatoms. The second kappa shape index (κ2) is 8.95. The van der Waals surface area contributed by atoms with Crippen molar-refractivity contribution in [3.05, 3.63) is 23.3 Å². The zero-order valence-electron chi connectivity index (χ0n) is 16.8. The number of nitrogen functional groups attached to an aromatic ring is 1. The number of likely N-dealkylation sites (N-methyl/N-ethyl adjacent to an activating group) is 2. The van der Waals surface area contributed by atoms with Gasteiger partial charge in [-0.2, -0.15) is 0 Å². The Kier molecular flexibility index (Phi) is 6.14. The summed E-state index contributed by atoms with van der Waals surface area (Å²) < 4.78 is 6.64. The molecule has 1 saturated heterocycles. The molecule has 0 aliphatic carbocycles. The lowest BCUT2D eigenvalue weighted by Gasteiger charge is -2.28. The summed E-state index contributed by atoms with van der Waals surface area (Å²) in [6.45, 7) is 5.87. The number of rotatable bonds is 7. The van der Waals surface area contributed by atoms with E-state index in [0.29, 0.717) is 19.0 Å². The summed E-state index contributed by atoms with van der Waals surface area (Å²) in [4.78, 5) is 23.7. The van der Waals surface area contributed by atoms with E-state index in [1.165, 1.54) is 4.88 Å². The molecule has 0 atom stereocenters. The molecule has 0 radical (unpaired) electrons. The van der Waals surface area contributed by atoms with Crippen LogP contribution < -0.4 is 16.0 Å². The zero-order chi connectivity index (χ0) is 20.2. The first-order valence-electron chi connectivity index (χ1n) is 9.68. The first kappa shape index (κ1) is 19.9. The van der Waals surface area contributed by atoms with Crippen LogP contribution in [0.15, 0.2) is 18.5 Å². The first-order chi connectivity index (χ1) is 14.1. The van der Waals surface area contributed by atoms with Gasteiger partial charge in [0.15, 0.2) is 11.6 Å². The summed E-state index contributed by atoms with van der Waals surface area (Å²) in [5, 5.41) is 3.19. The smallest absolute Gasteiger partial charge is 0.219 e. The number of ether oxygens (including phenoxy) is 1. The molecule has 3 N–H and O–H groups in total. The van der Waals surface area contributed by atoms with Gasteiger partial charge in [0.1, 0.15) is 0 Å². The average molecular weight is 415 g/mol. The second-order valence-electron chi connectivity index (χ2n) is 7.07. The SMILES string of the molecule is CNCCN(C)Cc1cc2nc(-c3cnc(N)nc3)nc(N3CCOCC3)c2s1. The van der Waals surface area contributed by atoms with Crippen molar-refractivity contribution in [3.8, 4) is 11.4 Å². The fourth-order valence-corrected chi connectivity index (χ4v) is 4.45. The summed E-state index contributed by atoms with van der Waals surface area (Å²) in [5.74, 6) is 1.82. The summed E-state index contributed by atoms with van der Waals surface area (Å²) in [6, 6.07) is 2.17. The molecule has 154 valence electrons. The Morgan fingerprint density at radius 2 is 2.00 bits per heavy atom. The van der Waals surface area contributed by atoms with Gasteiger partial charge in [0, 0.05) is 50.0 Å². The number of nitrogens with one attached hydrogen (secondary N) is 1. The molecule has 1 aliphatic rings. The van der Waals surface area contributed by atoms with E-state index in [9.17, 15) is 0 Å². The molecule has 0 aromatic carbocycles. The van der Waals surface area contributed by atoms with Gasteiger partial charge in [-0.1, -0.05) is 0 Å². The largest absolute Gasteiger partial charge is 0.378 e. The van der Waals surface area contributed by atoms with Crippen molar-refractivity contribution < 1.29 is 4.74 Å². The Morgan fingerprint density at radius 3 is 2.72 bits per heavy atom. The van der Waals surface area contributed by atoms with Crippen LogP contribution in [0, 0.1) is 0 Å².